The SMILES string of the molecule is CN(C)c1ccc(Cl)cc1NC(=O)c1cccc(S(=O)(=O)N2CCOCC2)c1. The molecule has 1 amide bonds. The van der Waals surface area contributed by atoms with Crippen LogP contribution in [0, 0.1) is 0 Å². The van der Waals surface area contributed by atoms with Crippen LogP contribution in [0.4, 0.5) is 11.4 Å². The Morgan fingerprint density at radius 2 is 1.86 bits per heavy atom. The Bertz CT molecular complexity index is 973. The molecule has 28 heavy (non-hydrogen) atoms. The zero-order valence-corrected chi connectivity index (χ0v) is 17.3. The standard InChI is InChI=1S/C19H22ClN3O4S/c1-22(2)18-7-6-15(20)13-17(18)21-19(24)14-4-3-5-16(12-14)28(25,26)23-8-10-27-11-9-23/h3-7,12-13H,8-11H2,1-2H3,(H,21,24). The van der Waals surface area contributed by atoms with E-state index in [-0.39, 0.29) is 10.5 Å². The molecule has 1 aliphatic rings. The quantitative estimate of drug-likeness (QED) is 0.799. The lowest BCUT2D eigenvalue weighted by Crippen LogP contribution is -2.40. The number of anilines is 2. The van der Waals surface area contributed by atoms with Gasteiger partial charge in [0, 0.05) is 37.8 Å². The average molecular weight is 424 g/mol. The van der Waals surface area contributed by atoms with Gasteiger partial charge in [-0.1, -0.05) is 17.7 Å². The van der Waals surface area contributed by atoms with Gasteiger partial charge in [0.25, 0.3) is 5.91 Å². The number of nitrogens with one attached hydrogen (secondary N) is 1. The number of rotatable bonds is 5. The number of hydrogen-bond donors (Lipinski definition) is 1. The number of amides is 1. The number of ether oxygens (including phenoxy) is 1. The lowest BCUT2D eigenvalue weighted by atomic mass is 10.2. The highest BCUT2D eigenvalue weighted by Gasteiger charge is 2.27. The van der Waals surface area contributed by atoms with Crippen LogP contribution in [-0.2, 0) is 14.8 Å². The minimum absolute atomic E-state index is 0.0842. The summed E-state index contributed by atoms with van der Waals surface area (Å²) in [6, 6.07) is 11.2. The second-order valence-electron chi connectivity index (χ2n) is 6.55. The van der Waals surface area contributed by atoms with Crippen molar-refractivity contribution in [3.8, 4) is 0 Å². The lowest BCUT2D eigenvalue weighted by molar-refractivity contribution is 0.0730. The van der Waals surface area contributed by atoms with Crippen molar-refractivity contribution >= 4 is 38.9 Å². The molecule has 3 rings (SSSR count). The molecule has 0 radical (unpaired) electrons. The van der Waals surface area contributed by atoms with E-state index in [1.807, 2.05) is 19.0 Å². The molecular weight excluding hydrogens is 402 g/mol. The van der Waals surface area contributed by atoms with E-state index in [4.69, 9.17) is 16.3 Å². The zero-order valence-electron chi connectivity index (χ0n) is 15.7. The van der Waals surface area contributed by atoms with Crippen LogP contribution in [0.5, 0.6) is 0 Å². The van der Waals surface area contributed by atoms with E-state index in [1.54, 1.807) is 30.3 Å². The second-order valence-corrected chi connectivity index (χ2v) is 8.93. The summed E-state index contributed by atoms with van der Waals surface area (Å²) in [5.41, 5.74) is 1.58. The van der Waals surface area contributed by atoms with Crippen LogP contribution in [0.25, 0.3) is 0 Å². The summed E-state index contributed by atoms with van der Waals surface area (Å²) >= 11 is 6.06. The van der Waals surface area contributed by atoms with E-state index in [0.717, 1.165) is 5.69 Å². The van der Waals surface area contributed by atoms with Gasteiger partial charge in [0.1, 0.15) is 0 Å². The molecule has 0 bridgehead atoms. The monoisotopic (exact) mass is 423 g/mol. The van der Waals surface area contributed by atoms with E-state index in [9.17, 15) is 13.2 Å². The van der Waals surface area contributed by atoms with Gasteiger partial charge in [-0.15, -0.1) is 0 Å². The van der Waals surface area contributed by atoms with Crippen molar-refractivity contribution in [1.82, 2.24) is 4.31 Å². The van der Waals surface area contributed by atoms with Crippen LogP contribution < -0.4 is 10.2 Å². The maximum atomic E-state index is 12.8. The Morgan fingerprint density at radius 3 is 2.54 bits per heavy atom. The fourth-order valence-corrected chi connectivity index (χ4v) is 4.55. The first-order valence-corrected chi connectivity index (χ1v) is 10.6. The van der Waals surface area contributed by atoms with Gasteiger partial charge >= 0.3 is 0 Å². The summed E-state index contributed by atoms with van der Waals surface area (Å²) in [5.74, 6) is -0.413. The van der Waals surface area contributed by atoms with Crippen LogP contribution in [-0.4, -0.2) is 59.0 Å². The molecule has 1 heterocycles. The second kappa shape index (κ2) is 8.48. The van der Waals surface area contributed by atoms with Crippen LogP contribution in [0.15, 0.2) is 47.4 Å². The lowest BCUT2D eigenvalue weighted by Gasteiger charge is -2.26. The number of carbonyl (C=O) groups is 1. The normalized spacial score (nSPS) is 15.2. The number of nitrogens with zero attached hydrogens (tertiary/aromatic N) is 2. The van der Waals surface area contributed by atoms with Gasteiger partial charge in [0.05, 0.1) is 29.5 Å². The Morgan fingerprint density at radius 1 is 1.14 bits per heavy atom. The van der Waals surface area contributed by atoms with Crippen molar-refractivity contribution in [3.05, 3.63) is 53.1 Å². The minimum Gasteiger partial charge on any atom is -0.379 e. The van der Waals surface area contributed by atoms with Crippen molar-refractivity contribution in [1.29, 1.82) is 0 Å². The summed E-state index contributed by atoms with van der Waals surface area (Å²) in [5, 5.41) is 3.30. The topological polar surface area (TPSA) is 79.0 Å². The third-order valence-electron chi connectivity index (χ3n) is 4.39. The Labute approximate surface area is 169 Å². The van der Waals surface area contributed by atoms with Crippen LogP contribution in [0.3, 0.4) is 0 Å². The van der Waals surface area contributed by atoms with Crippen molar-refractivity contribution < 1.29 is 17.9 Å². The molecule has 0 unspecified atom stereocenters. The first-order valence-electron chi connectivity index (χ1n) is 8.75. The van der Waals surface area contributed by atoms with Gasteiger partial charge in [-0.2, -0.15) is 4.31 Å². The fraction of sp³-hybridized carbons (Fsp3) is 0.316. The number of halogens is 1. The maximum absolute atomic E-state index is 12.8. The van der Waals surface area contributed by atoms with E-state index < -0.39 is 15.9 Å². The predicted octanol–water partition coefficient (Wildman–Crippen LogP) is 2.68. The first-order chi connectivity index (χ1) is 13.3. The van der Waals surface area contributed by atoms with E-state index in [2.05, 4.69) is 5.32 Å². The molecule has 1 aliphatic heterocycles. The molecule has 0 atom stereocenters. The summed E-state index contributed by atoms with van der Waals surface area (Å²) in [6.45, 7) is 1.32. The molecule has 2 aromatic rings. The van der Waals surface area contributed by atoms with Crippen LogP contribution in [0.2, 0.25) is 5.02 Å². The molecule has 0 saturated carbocycles. The van der Waals surface area contributed by atoms with Gasteiger partial charge in [-0.05, 0) is 36.4 Å². The van der Waals surface area contributed by atoms with Crippen molar-refractivity contribution in [2.24, 2.45) is 0 Å². The molecule has 1 N–H and O–H groups in total. The summed E-state index contributed by atoms with van der Waals surface area (Å²) in [7, 11) is 0.0359. The molecule has 7 nitrogen and oxygen atoms in total. The Balaban J connectivity index is 1.86. The van der Waals surface area contributed by atoms with Gasteiger partial charge in [0.2, 0.25) is 10.0 Å². The maximum Gasteiger partial charge on any atom is 0.255 e. The van der Waals surface area contributed by atoms with Crippen LogP contribution >= 0.6 is 11.6 Å². The van der Waals surface area contributed by atoms with Gasteiger partial charge in [-0.25, -0.2) is 8.42 Å². The summed E-state index contributed by atoms with van der Waals surface area (Å²) in [4.78, 5) is 14.7. The molecule has 0 spiro atoms. The highest BCUT2D eigenvalue weighted by molar-refractivity contribution is 7.89. The number of hydrogen-bond acceptors (Lipinski definition) is 5. The van der Waals surface area contributed by atoms with E-state index in [1.165, 1.54) is 16.4 Å². The van der Waals surface area contributed by atoms with Crippen molar-refractivity contribution in [3.63, 3.8) is 0 Å². The van der Waals surface area contributed by atoms with Gasteiger partial charge in [0.15, 0.2) is 0 Å². The number of benzene rings is 2. The molecule has 0 aliphatic carbocycles. The first kappa shape index (κ1) is 20.6. The third kappa shape index (κ3) is 4.47. The summed E-state index contributed by atoms with van der Waals surface area (Å²) in [6.07, 6.45) is 0. The molecule has 9 heteroatoms. The number of sulfonamides is 1. The van der Waals surface area contributed by atoms with Gasteiger partial charge in [-0.3, -0.25) is 4.79 Å². The number of carbonyl (C=O) groups excluding carboxylic acids is 1. The average Bonchev–Trinajstić information content (AvgIpc) is 2.68. The van der Waals surface area contributed by atoms with Crippen molar-refractivity contribution in [2.75, 3.05) is 50.6 Å². The molecule has 1 saturated heterocycles. The number of morpholine rings is 1. The largest absolute Gasteiger partial charge is 0.379 e. The Hall–Kier alpha value is -2.13. The highest BCUT2D eigenvalue weighted by atomic mass is 35.5. The van der Waals surface area contributed by atoms with Crippen LogP contribution in [0.1, 0.15) is 10.4 Å². The van der Waals surface area contributed by atoms with Gasteiger partial charge < -0.3 is 15.0 Å². The molecule has 1 fully saturated rings. The smallest absolute Gasteiger partial charge is 0.255 e. The van der Waals surface area contributed by atoms with Crippen molar-refractivity contribution in [2.45, 2.75) is 4.90 Å². The fourth-order valence-electron chi connectivity index (χ4n) is 2.93. The molecule has 0 aromatic heterocycles. The Kier molecular flexibility index (Phi) is 6.24. The zero-order chi connectivity index (χ0) is 20.3. The predicted molar refractivity (Wildman–Crippen MR) is 110 cm³/mol. The minimum atomic E-state index is -3.68. The molecule has 2 aromatic carbocycles. The molecular formula is C19H22ClN3O4S. The highest BCUT2D eigenvalue weighted by Crippen LogP contribution is 2.28. The third-order valence-corrected chi connectivity index (χ3v) is 6.52. The van der Waals surface area contributed by atoms with E-state index in [0.29, 0.717) is 37.0 Å². The van der Waals surface area contributed by atoms with E-state index >= 15 is 0 Å². The molecule has 150 valence electrons. The summed E-state index contributed by atoms with van der Waals surface area (Å²) < 4.78 is 32.2.